The molecule has 5 heteroatoms. The van der Waals surface area contributed by atoms with Crippen molar-refractivity contribution in [2.75, 3.05) is 6.61 Å². The van der Waals surface area contributed by atoms with Crippen molar-refractivity contribution < 1.29 is 19.4 Å². The Labute approximate surface area is 130 Å². The van der Waals surface area contributed by atoms with Crippen LogP contribution in [0.2, 0.25) is 0 Å². The van der Waals surface area contributed by atoms with Crippen molar-refractivity contribution in [2.45, 2.75) is 51.2 Å². The predicted octanol–water partition coefficient (Wildman–Crippen LogP) is 2.45. The Kier molecular flexibility index (Phi) is 5.95. The normalized spacial score (nSPS) is 18.3. The van der Waals surface area contributed by atoms with Crippen LogP contribution in [0.15, 0.2) is 24.3 Å². The van der Waals surface area contributed by atoms with Crippen LogP contribution in [0, 0.1) is 0 Å². The molecule has 0 spiro atoms. The Morgan fingerprint density at radius 3 is 2.91 bits per heavy atom. The number of benzene rings is 1. The quantitative estimate of drug-likeness (QED) is 0.811. The molecule has 2 N–H and O–H groups in total. The van der Waals surface area contributed by atoms with E-state index in [4.69, 9.17) is 9.84 Å². The van der Waals surface area contributed by atoms with E-state index in [0.29, 0.717) is 13.0 Å². The second kappa shape index (κ2) is 7.94. The smallest absolute Gasteiger partial charge is 0.326 e. The summed E-state index contributed by atoms with van der Waals surface area (Å²) in [6.07, 6.45) is 2.86. The molecule has 1 aliphatic heterocycles. The molecule has 0 saturated heterocycles. The van der Waals surface area contributed by atoms with Gasteiger partial charge in [-0.25, -0.2) is 4.79 Å². The number of carbonyl (C=O) groups is 2. The van der Waals surface area contributed by atoms with Crippen LogP contribution in [-0.2, 0) is 20.7 Å². The molecule has 0 aromatic heterocycles. The largest absolute Gasteiger partial charge is 0.480 e. The number of ether oxygens (including phenoxy) is 1. The van der Waals surface area contributed by atoms with Gasteiger partial charge in [0.05, 0.1) is 19.1 Å². The van der Waals surface area contributed by atoms with Gasteiger partial charge in [0.15, 0.2) is 0 Å². The minimum atomic E-state index is -0.980. The number of carboxylic acids is 1. The summed E-state index contributed by atoms with van der Waals surface area (Å²) in [7, 11) is 0. The molecule has 1 aromatic rings. The first-order valence-electron chi connectivity index (χ1n) is 7.83. The van der Waals surface area contributed by atoms with Gasteiger partial charge in [-0.1, -0.05) is 44.0 Å². The van der Waals surface area contributed by atoms with Gasteiger partial charge < -0.3 is 15.2 Å². The first kappa shape index (κ1) is 16.5. The molecule has 2 rings (SSSR count). The fraction of sp³-hybridized carbons (Fsp3) is 0.529. The van der Waals surface area contributed by atoms with Crippen molar-refractivity contribution in [1.82, 2.24) is 5.32 Å². The highest BCUT2D eigenvalue weighted by molar-refractivity contribution is 5.83. The average molecular weight is 305 g/mol. The number of hydrogen-bond acceptors (Lipinski definition) is 3. The van der Waals surface area contributed by atoms with E-state index >= 15 is 0 Å². The number of amides is 1. The molecule has 0 saturated carbocycles. The van der Waals surface area contributed by atoms with E-state index in [-0.39, 0.29) is 18.4 Å². The zero-order chi connectivity index (χ0) is 15.9. The summed E-state index contributed by atoms with van der Waals surface area (Å²) in [6.45, 7) is 2.58. The van der Waals surface area contributed by atoms with Crippen molar-refractivity contribution in [3.8, 4) is 0 Å². The van der Waals surface area contributed by atoms with Crippen molar-refractivity contribution in [3.63, 3.8) is 0 Å². The van der Waals surface area contributed by atoms with E-state index < -0.39 is 12.0 Å². The fourth-order valence-corrected chi connectivity index (χ4v) is 2.73. The molecule has 2 unspecified atom stereocenters. The van der Waals surface area contributed by atoms with Gasteiger partial charge in [0.1, 0.15) is 6.04 Å². The lowest BCUT2D eigenvalue weighted by molar-refractivity contribution is -0.142. The first-order chi connectivity index (χ1) is 10.6. The molecule has 0 fully saturated rings. The van der Waals surface area contributed by atoms with Crippen molar-refractivity contribution in [3.05, 3.63) is 35.4 Å². The van der Waals surface area contributed by atoms with Gasteiger partial charge in [0.25, 0.3) is 0 Å². The zero-order valence-electron chi connectivity index (χ0n) is 12.9. The molecule has 0 bridgehead atoms. The average Bonchev–Trinajstić information content (AvgIpc) is 2.51. The monoisotopic (exact) mass is 305 g/mol. The van der Waals surface area contributed by atoms with Gasteiger partial charge in [-0.15, -0.1) is 0 Å². The maximum absolute atomic E-state index is 12.1. The number of hydrogen-bond donors (Lipinski definition) is 2. The Bertz CT molecular complexity index is 529. The highest BCUT2D eigenvalue weighted by Gasteiger charge is 2.25. The van der Waals surface area contributed by atoms with Crippen molar-refractivity contribution >= 4 is 11.9 Å². The van der Waals surface area contributed by atoms with Gasteiger partial charge in [0, 0.05) is 0 Å². The highest BCUT2D eigenvalue weighted by atomic mass is 16.5. The van der Waals surface area contributed by atoms with Crippen LogP contribution in [-0.4, -0.2) is 29.6 Å². The molecular formula is C17H23NO4. The van der Waals surface area contributed by atoms with E-state index in [9.17, 15) is 9.59 Å². The lowest BCUT2D eigenvalue weighted by atomic mass is 9.95. The van der Waals surface area contributed by atoms with Crippen LogP contribution in [0.5, 0.6) is 0 Å². The number of aliphatic carboxylic acids is 1. The number of carboxylic acid groups (broad SMARTS) is 1. The standard InChI is InChI=1S/C17H23NO4/c1-2-3-8-14(17(20)21)18-16(19)11-15-13-7-5-4-6-12(13)9-10-22-15/h4-7,14-15H,2-3,8-11H2,1H3,(H,18,19)(H,20,21). The number of unbranched alkanes of at least 4 members (excludes halogenated alkanes) is 1. The third-order valence-electron chi connectivity index (χ3n) is 3.94. The molecular weight excluding hydrogens is 282 g/mol. The van der Waals surface area contributed by atoms with Crippen LogP contribution in [0.25, 0.3) is 0 Å². The van der Waals surface area contributed by atoms with Crippen LogP contribution in [0.4, 0.5) is 0 Å². The number of carbonyl (C=O) groups excluding carboxylic acids is 1. The summed E-state index contributed by atoms with van der Waals surface area (Å²) in [4.78, 5) is 23.3. The lowest BCUT2D eigenvalue weighted by Crippen LogP contribution is -2.41. The minimum absolute atomic E-state index is 0.160. The minimum Gasteiger partial charge on any atom is -0.480 e. The summed E-state index contributed by atoms with van der Waals surface area (Å²) in [5.74, 6) is -1.25. The number of rotatable bonds is 7. The van der Waals surface area contributed by atoms with Gasteiger partial charge in [-0.2, -0.15) is 0 Å². The van der Waals surface area contributed by atoms with Gasteiger partial charge in [0.2, 0.25) is 5.91 Å². The summed E-state index contributed by atoms with van der Waals surface area (Å²) < 4.78 is 5.69. The second-order valence-corrected chi connectivity index (χ2v) is 5.61. The molecule has 1 heterocycles. The Morgan fingerprint density at radius 1 is 1.41 bits per heavy atom. The van der Waals surface area contributed by atoms with E-state index in [1.807, 2.05) is 31.2 Å². The summed E-state index contributed by atoms with van der Waals surface area (Å²) in [6, 6.07) is 7.11. The molecule has 5 nitrogen and oxygen atoms in total. The molecule has 1 aliphatic rings. The molecule has 0 radical (unpaired) electrons. The predicted molar refractivity (Wildman–Crippen MR) is 82.5 cm³/mol. The fourth-order valence-electron chi connectivity index (χ4n) is 2.73. The number of nitrogens with one attached hydrogen (secondary N) is 1. The maximum atomic E-state index is 12.1. The van der Waals surface area contributed by atoms with Crippen LogP contribution in [0.3, 0.4) is 0 Å². The maximum Gasteiger partial charge on any atom is 0.326 e. The third kappa shape index (κ3) is 4.31. The Hall–Kier alpha value is -1.88. The summed E-state index contributed by atoms with van der Waals surface area (Å²) >= 11 is 0. The molecule has 1 amide bonds. The van der Waals surface area contributed by atoms with E-state index in [2.05, 4.69) is 5.32 Å². The third-order valence-corrected chi connectivity index (χ3v) is 3.94. The molecule has 2 atom stereocenters. The van der Waals surface area contributed by atoms with E-state index in [0.717, 1.165) is 24.8 Å². The van der Waals surface area contributed by atoms with E-state index in [1.54, 1.807) is 0 Å². The second-order valence-electron chi connectivity index (χ2n) is 5.61. The molecule has 1 aromatic carbocycles. The molecule has 0 aliphatic carbocycles. The topological polar surface area (TPSA) is 75.6 Å². The van der Waals surface area contributed by atoms with Crippen LogP contribution in [0.1, 0.15) is 49.8 Å². The van der Waals surface area contributed by atoms with Crippen LogP contribution >= 0.6 is 0 Å². The van der Waals surface area contributed by atoms with Crippen LogP contribution < -0.4 is 5.32 Å². The molecule has 120 valence electrons. The molecule has 22 heavy (non-hydrogen) atoms. The Morgan fingerprint density at radius 2 is 2.18 bits per heavy atom. The van der Waals surface area contributed by atoms with Gasteiger partial charge >= 0.3 is 5.97 Å². The summed E-state index contributed by atoms with van der Waals surface area (Å²) in [5, 5.41) is 11.8. The SMILES string of the molecule is CCCCC(NC(=O)CC1OCCc2ccccc21)C(=O)O. The van der Waals surface area contributed by atoms with Crippen molar-refractivity contribution in [2.24, 2.45) is 0 Å². The van der Waals surface area contributed by atoms with Crippen molar-refractivity contribution in [1.29, 1.82) is 0 Å². The first-order valence-corrected chi connectivity index (χ1v) is 7.83. The highest BCUT2D eigenvalue weighted by Crippen LogP contribution is 2.29. The van der Waals surface area contributed by atoms with Gasteiger partial charge in [-0.3, -0.25) is 4.79 Å². The lowest BCUT2D eigenvalue weighted by Gasteiger charge is -2.26. The zero-order valence-corrected chi connectivity index (χ0v) is 12.9. The number of fused-ring (bicyclic) bond motifs is 1. The summed E-state index contributed by atoms with van der Waals surface area (Å²) in [5.41, 5.74) is 2.23. The van der Waals surface area contributed by atoms with Gasteiger partial charge in [-0.05, 0) is 24.0 Å². The Balaban J connectivity index is 1.96. The van der Waals surface area contributed by atoms with E-state index in [1.165, 1.54) is 5.56 Å².